The Kier molecular flexibility index (Phi) is 4.52. The normalized spacial score (nSPS) is 10.2. The van der Waals surface area contributed by atoms with Gasteiger partial charge in [0.25, 0.3) is 5.91 Å². The van der Waals surface area contributed by atoms with Crippen LogP contribution < -0.4 is 10.6 Å². The van der Waals surface area contributed by atoms with Gasteiger partial charge in [0.15, 0.2) is 0 Å². The number of aromatic nitrogens is 2. The standard InChI is InChI=1S/C19H18N4O/c1-13-7-6-10-16(11-13)22-18-12-17(20-14(2)21-18)19(24)23-15-8-4-3-5-9-15/h3-12H,1-2H3,(H,23,24)(H,20,21,22). The average Bonchev–Trinajstić information content (AvgIpc) is 2.55. The minimum atomic E-state index is -0.265. The van der Waals surface area contributed by atoms with Crippen molar-refractivity contribution in [1.29, 1.82) is 0 Å². The molecule has 0 atom stereocenters. The number of carbonyl (C=O) groups is 1. The van der Waals surface area contributed by atoms with E-state index in [1.165, 1.54) is 0 Å². The number of aryl methyl sites for hydroxylation is 2. The van der Waals surface area contributed by atoms with E-state index in [9.17, 15) is 4.79 Å². The molecule has 3 aromatic rings. The fourth-order valence-corrected chi connectivity index (χ4v) is 2.34. The van der Waals surface area contributed by atoms with Crippen LogP contribution in [-0.2, 0) is 0 Å². The lowest BCUT2D eigenvalue weighted by Crippen LogP contribution is -2.15. The highest BCUT2D eigenvalue weighted by Gasteiger charge is 2.11. The Balaban J connectivity index is 1.82. The lowest BCUT2D eigenvalue weighted by Gasteiger charge is -2.09. The molecule has 1 heterocycles. The maximum Gasteiger partial charge on any atom is 0.274 e. The van der Waals surface area contributed by atoms with E-state index in [1.54, 1.807) is 13.0 Å². The van der Waals surface area contributed by atoms with Gasteiger partial charge in [-0.15, -0.1) is 0 Å². The molecular weight excluding hydrogens is 300 g/mol. The molecule has 5 heteroatoms. The summed E-state index contributed by atoms with van der Waals surface area (Å²) in [5, 5.41) is 6.04. The second-order valence-electron chi connectivity index (χ2n) is 5.50. The van der Waals surface area contributed by atoms with Crippen LogP contribution in [0.25, 0.3) is 0 Å². The monoisotopic (exact) mass is 318 g/mol. The van der Waals surface area contributed by atoms with Gasteiger partial charge in [-0.2, -0.15) is 0 Å². The molecule has 24 heavy (non-hydrogen) atoms. The van der Waals surface area contributed by atoms with E-state index in [0.717, 1.165) is 16.9 Å². The molecule has 0 bridgehead atoms. The van der Waals surface area contributed by atoms with E-state index in [1.807, 2.05) is 61.5 Å². The number of carbonyl (C=O) groups excluding carboxylic acids is 1. The summed E-state index contributed by atoms with van der Waals surface area (Å²) in [6.45, 7) is 3.79. The Labute approximate surface area is 140 Å². The Bertz CT molecular complexity index is 862. The third kappa shape index (κ3) is 3.95. The molecule has 0 fully saturated rings. The van der Waals surface area contributed by atoms with E-state index < -0.39 is 0 Å². The van der Waals surface area contributed by atoms with Crippen molar-refractivity contribution in [3.05, 3.63) is 77.7 Å². The summed E-state index contributed by atoms with van der Waals surface area (Å²) in [7, 11) is 0. The molecule has 1 amide bonds. The van der Waals surface area contributed by atoms with Gasteiger partial charge in [-0.1, -0.05) is 30.3 Å². The lowest BCUT2D eigenvalue weighted by atomic mass is 10.2. The Morgan fingerprint density at radius 1 is 0.875 bits per heavy atom. The molecule has 1 aromatic heterocycles. The Morgan fingerprint density at radius 2 is 1.62 bits per heavy atom. The second kappa shape index (κ2) is 6.91. The molecule has 0 spiro atoms. The summed E-state index contributed by atoms with van der Waals surface area (Å²) < 4.78 is 0. The Morgan fingerprint density at radius 3 is 2.38 bits per heavy atom. The molecule has 2 N–H and O–H groups in total. The smallest absolute Gasteiger partial charge is 0.274 e. The zero-order valence-electron chi connectivity index (χ0n) is 13.6. The van der Waals surface area contributed by atoms with Crippen molar-refractivity contribution >= 4 is 23.1 Å². The van der Waals surface area contributed by atoms with Crippen molar-refractivity contribution in [2.75, 3.05) is 10.6 Å². The van der Waals surface area contributed by atoms with E-state index in [0.29, 0.717) is 17.3 Å². The molecule has 0 radical (unpaired) electrons. The average molecular weight is 318 g/mol. The molecule has 2 aromatic carbocycles. The first-order valence-corrected chi connectivity index (χ1v) is 7.66. The molecule has 120 valence electrons. The van der Waals surface area contributed by atoms with Crippen molar-refractivity contribution in [2.45, 2.75) is 13.8 Å². The molecule has 0 saturated carbocycles. The number of anilines is 3. The highest BCUT2D eigenvalue weighted by atomic mass is 16.1. The molecule has 3 rings (SSSR count). The van der Waals surface area contributed by atoms with Gasteiger partial charge in [-0.05, 0) is 43.7 Å². The number of para-hydroxylation sites is 1. The maximum absolute atomic E-state index is 12.4. The summed E-state index contributed by atoms with van der Waals surface area (Å²) in [6.07, 6.45) is 0. The Hall–Kier alpha value is -3.21. The van der Waals surface area contributed by atoms with Crippen LogP contribution in [0.15, 0.2) is 60.7 Å². The van der Waals surface area contributed by atoms with Crippen molar-refractivity contribution in [3.63, 3.8) is 0 Å². The van der Waals surface area contributed by atoms with Crippen molar-refractivity contribution in [1.82, 2.24) is 9.97 Å². The van der Waals surface area contributed by atoms with Gasteiger partial charge < -0.3 is 10.6 Å². The molecular formula is C19H18N4O. The maximum atomic E-state index is 12.4. The minimum absolute atomic E-state index is 0.265. The zero-order chi connectivity index (χ0) is 16.9. The fourth-order valence-electron chi connectivity index (χ4n) is 2.34. The van der Waals surface area contributed by atoms with Crippen LogP contribution in [0.5, 0.6) is 0 Å². The van der Waals surface area contributed by atoms with Gasteiger partial charge in [0.1, 0.15) is 17.3 Å². The first-order chi connectivity index (χ1) is 11.6. The van der Waals surface area contributed by atoms with Crippen molar-refractivity contribution in [3.8, 4) is 0 Å². The van der Waals surface area contributed by atoms with Crippen LogP contribution in [0.1, 0.15) is 21.9 Å². The van der Waals surface area contributed by atoms with Crippen LogP contribution in [0.3, 0.4) is 0 Å². The zero-order valence-corrected chi connectivity index (χ0v) is 13.6. The summed E-state index contributed by atoms with van der Waals surface area (Å²) in [6, 6.07) is 18.9. The van der Waals surface area contributed by atoms with Crippen LogP contribution in [-0.4, -0.2) is 15.9 Å². The number of rotatable bonds is 4. The SMILES string of the molecule is Cc1cccc(Nc2cc(C(=O)Nc3ccccc3)nc(C)n2)c1. The first kappa shape index (κ1) is 15.7. The number of nitrogens with one attached hydrogen (secondary N) is 2. The molecule has 0 aliphatic heterocycles. The number of amides is 1. The van der Waals surface area contributed by atoms with Gasteiger partial charge in [0.05, 0.1) is 0 Å². The topological polar surface area (TPSA) is 66.9 Å². The number of nitrogens with zero attached hydrogens (tertiary/aromatic N) is 2. The van der Waals surface area contributed by atoms with Crippen LogP contribution in [0.2, 0.25) is 0 Å². The van der Waals surface area contributed by atoms with Crippen LogP contribution >= 0.6 is 0 Å². The predicted molar refractivity (Wildman–Crippen MR) is 95.6 cm³/mol. The number of benzene rings is 2. The largest absolute Gasteiger partial charge is 0.340 e. The van der Waals surface area contributed by atoms with Crippen molar-refractivity contribution < 1.29 is 4.79 Å². The summed E-state index contributed by atoms with van der Waals surface area (Å²) in [5.74, 6) is 0.858. The summed E-state index contributed by atoms with van der Waals surface area (Å²) >= 11 is 0. The second-order valence-corrected chi connectivity index (χ2v) is 5.50. The van der Waals surface area contributed by atoms with E-state index >= 15 is 0 Å². The third-order valence-corrected chi connectivity index (χ3v) is 3.39. The highest BCUT2D eigenvalue weighted by Crippen LogP contribution is 2.17. The van der Waals surface area contributed by atoms with E-state index in [4.69, 9.17) is 0 Å². The van der Waals surface area contributed by atoms with Crippen molar-refractivity contribution in [2.24, 2.45) is 0 Å². The quantitative estimate of drug-likeness (QED) is 0.760. The summed E-state index contributed by atoms with van der Waals surface area (Å²) in [4.78, 5) is 21.0. The molecule has 0 aliphatic carbocycles. The summed E-state index contributed by atoms with van der Waals surface area (Å²) in [5.41, 5.74) is 3.11. The molecule has 0 aliphatic rings. The van der Waals surface area contributed by atoms with Gasteiger partial charge in [0.2, 0.25) is 0 Å². The lowest BCUT2D eigenvalue weighted by molar-refractivity contribution is 0.102. The van der Waals surface area contributed by atoms with Crippen LogP contribution in [0, 0.1) is 13.8 Å². The van der Waals surface area contributed by atoms with E-state index in [-0.39, 0.29) is 5.91 Å². The van der Waals surface area contributed by atoms with Gasteiger partial charge in [-0.25, -0.2) is 9.97 Å². The van der Waals surface area contributed by atoms with Gasteiger partial charge in [-0.3, -0.25) is 4.79 Å². The van der Waals surface area contributed by atoms with Gasteiger partial charge >= 0.3 is 0 Å². The molecule has 0 unspecified atom stereocenters. The molecule has 0 saturated heterocycles. The van der Waals surface area contributed by atoms with Crippen LogP contribution in [0.4, 0.5) is 17.2 Å². The first-order valence-electron chi connectivity index (χ1n) is 7.66. The van der Waals surface area contributed by atoms with Gasteiger partial charge in [0, 0.05) is 17.4 Å². The fraction of sp³-hybridized carbons (Fsp3) is 0.105. The third-order valence-electron chi connectivity index (χ3n) is 3.39. The minimum Gasteiger partial charge on any atom is -0.340 e. The number of hydrogen-bond donors (Lipinski definition) is 2. The van der Waals surface area contributed by atoms with E-state index in [2.05, 4.69) is 20.6 Å². The predicted octanol–water partition coefficient (Wildman–Crippen LogP) is 4.09. The number of hydrogen-bond acceptors (Lipinski definition) is 4. The highest BCUT2D eigenvalue weighted by molar-refractivity contribution is 6.03. The molecule has 5 nitrogen and oxygen atoms in total.